The molecule has 4 aliphatic rings. The van der Waals surface area contributed by atoms with E-state index in [1.807, 2.05) is 60.7 Å². The van der Waals surface area contributed by atoms with Crippen LogP contribution in [0.1, 0.15) is 12.5 Å². The molecule has 29 heavy (non-hydrogen) atoms. The Morgan fingerprint density at radius 3 is 2.14 bits per heavy atom. The van der Waals surface area contributed by atoms with Gasteiger partial charge in [0.05, 0.1) is 23.6 Å². The highest BCUT2D eigenvalue weighted by Crippen LogP contribution is 2.49. The zero-order valence-corrected chi connectivity index (χ0v) is 16.5. The monoisotopic (exact) mass is 385 g/mol. The molecule has 0 spiro atoms. The molecule has 2 aromatic carbocycles. The molecular formula is C24H23N3O2. The molecule has 2 aromatic rings. The molecule has 3 aliphatic heterocycles. The number of imide groups is 1. The van der Waals surface area contributed by atoms with Crippen molar-refractivity contribution >= 4 is 23.3 Å². The number of hydrogen-bond donors (Lipinski definition) is 0. The van der Waals surface area contributed by atoms with Crippen molar-refractivity contribution in [2.24, 2.45) is 22.7 Å². The lowest BCUT2D eigenvalue weighted by molar-refractivity contribution is -0.126. The van der Waals surface area contributed by atoms with Crippen LogP contribution in [0, 0.1) is 17.8 Å². The van der Waals surface area contributed by atoms with E-state index in [2.05, 4.69) is 29.0 Å². The molecule has 6 rings (SSSR count). The Labute approximate surface area is 170 Å². The minimum Gasteiger partial charge on any atom is -0.346 e. The Balaban J connectivity index is 1.56. The number of fused-ring (bicyclic) bond motifs is 1. The fourth-order valence-corrected chi connectivity index (χ4v) is 5.29. The summed E-state index contributed by atoms with van der Waals surface area (Å²) >= 11 is 0. The molecule has 146 valence electrons. The van der Waals surface area contributed by atoms with E-state index >= 15 is 0 Å². The molecule has 2 fully saturated rings. The van der Waals surface area contributed by atoms with Crippen LogP contribution in [0.25, 0.3) is 0 Å². The van der Waals surface area contributed by atoms with E-state index in [4.69, 9.17) is 0 Å². The van der Waals surface area contributed by atoms with Crippen molar-refractivity contribution < 1.29 is 9.59 Å². The molecule has 1 aliphatic carbocycles. The number of rotatable bonds is 2. The van der Waals surface area contributed by atoms with Crippen LogP contribution in [0.15, 0.2) is 77.8 Å². The van der Waals surface area contributed by atoms with Gasteiger partial charge in [-0.3, -0.25) is 14.6 Å². The number of anilines is 1. The number of hydrogen-bond acceptors (Lipinski definition) is 3. The van der Waals surface area contributed by atoms with Crippen LogP contribution in [0.4, 0.5) is 5.69 Å². The lowest BCUT2D eigenvalue weighted by Crippen LogP contribution is -2.62. The minimum atomic E-state index is -0.380. The molecule has 0 radical (unpaired) electrons. The van der Waals surface area contributed by atoms with Crippen molar-refractivity contribution in [3.05, 3.63) is 78.4 Å². The molecule has 3 heterocycles. The van der Waals surface area contributed by atoms with Crippen LogP contribution >= 0.6 is 0 Å². The molecule has 2 saturated heterocycles. The van der Waals surface area contributed by atoms with Gasteiger partial charge in [-0.1, -0.05) is 60.7 Å². The maximum Gasteiger partial charge on any atom is 0.240 e. The van der Waals surface area contributed by atoms with Gasteiger partial charge in [0.1, 0.15) is 5.84 Å². The Bertz CT molecular complexity index is 1010. The Kier molecular flexibility index (Phi) is 4.12. The highest BCUT2D eigenvalue weighted by atomic mass is 16.2. The van der Waals surface area contributed by atoms with Crippen molar-refractivity contribution in [1.29, 1.82) is 0 Å². The molecule has 2 amide bonds. The zero-order chi connectivity index (χ0) is 20.1. The lowest BCUT2D eigenvalue weighted by atomic mass is 9.66. The third-order valence-electron chi connectivity index (χ3n) is 6.53. The fourth-order valence-electron chi connectivity index (χ4n) is 5.29. The number of nitrogens with zero attached hydrogens (tertiary/aromatic N) is 3. The van der Waals surface area contributed by atoms with Crippen LogP contribution in [0.2, 0.25) is 0 Å². The first-order valence-corrected chi connectivity index (χ1v) is 10.0. The normalized spacial score (nSPS) is 30.8. The fraction of sp³-hybridized carbons (Fsp3) is 0.292. The summed E-state index contributed by atoms with van der Waals surface area (Å²) in [6, 6.07) is 19.2. The van der Waals surface area contributed by atoms with Gasteiger partial charge in [-0.2, -0.15) is 0 Å². The topological polar surface area (TPSA) is 53.0 Å². The number of benzene rings is 2. The molecule has 0 unspecified atom stereocenters. The third-order valence-corrected chi connectivity index (χ3v) is 6.53. The average Bonchev–Trinajstić information content (AvgIpc) is 3.03. The Morgan fingerprint density at radius 1 is 0.862 bits per heavy atom. The maximum absolute atomic E-state index is 13.4. The smallest absolute Gasteiger partial charge is 0.240 e. The number of aliphatic imine (C=N–C) groups is 1. The van der Waals surface area contributed by atoms with Crippen molar-refractivity contribution in [3.63, 3.8) is 0 Å². The summed E-state index contributed by atoms with van der Waals surface area (Å²) in [7, 11) is 1.79. The molecular weight excluding hydrogens is 362 g/mol. The van der Waals surface area contributed by atoms with Crippen LogP contribution in [-0.4, -0.2) is 41.7 Å². The molecule has 5 nitrogen and oxygen atoms in total. The zero-order valence-electron chi connectivity index (χ0n) is 16.5. The number of amidine groups is 1. The van der Waals surface area contributed by atoms with Gasteiger partial charge in [-0.25, -0.2) is 4.90 Å². The summed E-state index contributed by atoms with van der Waals surface area (Å²) in [4.78, 5) is 35.0. The van der Waals surface area contributed by atoms with E-state index in [1.165, 1.54) is 4.90 Å². The standard InChI is InChI=1S/C24H23N3O2/c1-15-18-13-14-19(26(15)22(25-2)16-9-5-3-6-10-16)21-20(18)23(28)27(24(21)29)17-11-7-4-8-12-17/h3-15,18-21H,1-2H3/t15-,18+,19+,20+,21-/m1/s1. The van der Waals surface area contributed by atoms with Gasteiger partial charge in [0, 0.05) is 24.6 Å². The van der Waals surface area contributed by atoms with Crippen LogP contribution < -0.4 is 4.90 Å². The first kappa shape index (κ1) is 17.9. The van der Waals surface area contributed by atoms with Gasteiger partial charge in [-0.05, 0) is 19.1 Å². The summed E-state index contributed by atoms with van der Waals surface area (Å²) in [5, 5.41) is 0. The summed E-state index contributed by atoms with van der Waals surface area (Å²) in [6.07, 6.45) is 4.23. The quantitative estimate of drug-likeness (QED) is 0.345. The first-order chi connectivity index (χ1) is 14.1. The predicted molar refractivity (Wildman–Crippen MR) is 113 cm³/mol. The molecule has 5 atom stereocenters. The maximum atomic E-state index is 13.4. The largest absolute Gasteiger partial charge is 0.346 e. The number of amides is 2. The van der Waals surface area contributed by atoms with Gasteiger partial charge in [0.15, 0.2) is 0 Å². The molecule has 0 saturated carbocycles. The van der Waals surface area contributed by atoms with E-state index in [9.17, 15) is 9.59 Å². The summed E-state index contributed by atoms with van der Waals surface area (Å²) in [5.74, 6) is -0.0187. The van der Waals surface area contributed by atoms with E-state index in [0.717, 1.165) is 11.4 Å². The second-order valence-electron chi connectivity index (χ2n) is 7.91. The van der Waals surface area contributed by atoms with E-state index in [-0.39, 0.29) is 41.7 Å². The van der Waals surface area contributed by atoms with Gasteiger partial charge in [0.2, 0.25) is 11.8 Å². The first-order valence-electron chi connectivity index (χ1n) is 10.0. The molecule has 2 bridgehead atoms. The minimum absolute atomic E-state index is 0.0179. The van der Waals surface area contributed by atoms with E-state index in [0.29, 0.717) is 5.69 Å². The Morgan fingerprint density at radius 2 is 1.48 bits per heavy atom. The SMILES string of the molecule is CN=C(c1ccccc1)N1[C@H](C)[C@@H]2C=C[C@H]1[C@H]1C(=O)N(c3ccccc3)C(=O)[C@@H]21. The molecule has 0 N–H and O–H groups in total. The highest BCUT2D eigenvalue weighted by molar-refractivity contribution is 6.23. The van der Waals surface area contributed by atoms with Crippen molar-refractivity contribution in [3.8, 4) is 0 Å². The number of carbonyl (C=O) groups excluding carboxylic acids is 2. The average molecular weight is 385 g/mol. The van der Waals surface area contributed by atoms with Crippen molar-refractivity contribution in [1.82, 2.24) is 4.90 Å². The number of piperidine rings is 1. The highest BCUT2D eigenvalue weighted by Gasteiger charge is 2.61. The molecule has 5 heteroatoms. The van der Waals surface area contributed by atoms with E-state index < -0.39 is 0 Å². The van der Waals surface area contributed by atoms with Crippen molar-refractivity contribution in [2.75, 3.05) is 11.9 Å². The predicted octanol–water partition coefficient (Wildman–Crippen LogP) is 3.13. The second-order valence-corrected chi connectivity index (χ2v) is 7.91. The number of para-hydroxylation sites is 1. The van der Waals surface area contributed by atoms with E-state index in [1.54, 1.807) is 7.05 Å². The van der Waals surface area contributed by atoms with Crippen LogP contribution in [0.5, 0.6) is 0 Å². The van der Waals surface area contributed by atoms with Crippen LogP contribution in [-0.2, 0) is 9.59 Å². The Hall–Kier alpha value is -3.21. The van der Waals surface area contributed by atoms with Gasteiger partial charge < -0.3 is 4.90 Å². The van der Waals surface area contributed by atoms with Gasteiger partial charge >= 0.3 is 0 Å². The second kappa shape index (κ2) is 6.69. The van der Waals surface area contributed by atoms with Gasteiger partial charge in [0.25, 0.3) is 0 Å². The lowest BCUT2D eigenvalue weighted by Gasteiger charge is -2.52. The summed E-state index contributed by atoms with van der Waals surface area (Å²) in [6.45, 7) is 2.13. The third kappa shape index (κ3) is 2.50. The molecule has 0 aromatic heterocycles. The van der Waals surface area contributed by atoms with Gasteiger partial charge in [-0.15, -0.1) is 0 Å². The van der Waals surface area contributed by atoms with Crippen LogP contribution in [0.3, 0.4) is 0 Å². The number of carbonyl (C=O) groups is 2. The van der Waals surface area contributed by atoms with Crippen molar-refractivity contribution in [2.45, 2.75) is 19.0 Å². The summed E-state index contributed by atoms with van der Waals surface area (Å²) in [5.41, 5.74) is 1.68. The summed E-state index contributed by atoms with van der Waals surface area (Å²) < 4.78 is 0.